The predicted molar refractivity (Wildman–Crippen MR) is 104 cm³/mol. The fraction of sp³-hybridized carbons (Fsp3) is 0.300. The summed E-state index contributed by atoms with van der Waals surface area (Å²) in [5, 5.41) is 17.0. The molecule has 2 aromatic rings. The summed E-state index contributed by atoms with van der Waals surface area (Å²) in [6.07, 6.45) is 0.875. The van der Waals surface area contributed by atoms with Crippen LogP contribution in [-0.4, -0.2) is 28.9 Å². The molecule has 28 heavy (non-hydrogen) atoms. The Morgan fingerprint density at radius 2 is 1.96 bits per heavy atom. The van der Waals surface area contributed by atoms with Gasteiger partial charge in [-0.3, -0.25) is 14.9 Å². The standard InChI is InChI=1S/C20H21N3O5/c1-12-4-3-5-16(10-12)22-19(24)13(2)28-20(25)14-6-9-17(21-15-7-8-15)18(11-14)23(26)27/h3-6,9-11,13,15,21H,7-8H2,1-2H3,(H,22,24)/t13-/m1/s1. The number of nitro benzene ring substituents is 1. The zero-order valence-corrected chi connectivity index (χ0v) is 15.6. The molecule has 0 aromatic heterocycles. The highest BCUT2D eigenvalue weighted by Gasteiger charge is 2.26. The zero-order chi connectivity index (χ0) is 20.3. The number of nitrogens with zero attached hydrogens (tertiary/aromatic N) is 1. The molecular weight excluding hydrogens is 362 g/mol. The van der Waals surface area contributed by atoms with Crippen LogP contribution in [-0.2, 0) is 9.53 Å². The highest BCUT2D eigenvalue weighted by atomic mass is 16.6. The number of hydrogen-bond donors (Lipinski definition) is 2. The molecule has 2 N–H and O–H groups in total. The molecule has 0 radical (unpaired) electrons. The number of hydrogen-bond acceptors (Lipinski definition) is 6. The Balaban J connectivity index is 1.66. The van der Waals surface area contributed by atoms with Crippen molar-refractivity contribution in [3.8, 4) is 0 Å². The highest BCUT2D eigenvalue weighted by molar-refractivity contribution is 5.97. The summed E-state index contributed by atoms with van der Waals surface area (Å²) in [4.78, 5) is 35.3. The quantitative estimate of drug-likeness (QED) is 0.429. The van der Waals surface area contributed by atoms with Gasteiger partial charge in [-0.2, -0.15) is 0 Å². The SMILES string of the molecule is Cc1cccc(NC(=O)[C@@H](C)OC(=O)c2ccc(NC3CC3)c([N+](=O)[O-])c2)c1. The fourth-order valence-corrected chi connectivity index (χ4v) is 2.63. The molecule has 8 heteroatoms. The number of anilines is 2. The van der Waals surface area contributed by atoms with E-state index in [1.165, 1.54) is 19.1 Å². The number of carbonyl (C=O) groups is 2. The lowest BCUT2D eigenvalue weighted by molar-refractivity contribution is -0.384. The molecule has 0 bridgehead atoms. The average Bonchev–Trinajstić information content (AvgIpc) is 3.45. The third-order valence-corrected chi connectivity index (χ3v) is 4.31. The summed E-state index contributed by atoms with van der Waals surface area (Å²) in [6, 6.07) is 11.6. The Bertz CT molecular complexity index is 924. The Labute approximate surface area is 162 Å². The van der Waals surface area contributed by atoms with Crippen molar-refractivity contribution in [3.05, 3.63) is 63.7 Å². The van der Waals surface area contributed by atoms with Gasteiger partial charge >= 0.3 is 5.97 Å². The molecule has 0 spiro atoms. The van der Waals surface area contributed by atoms with Crippen LogP contribution in [0.2, 0.25) is 0 Å². The van der Waals surface area contributed by atoms with E-state index in [0.29, 0.717) is 11.4 Å². The summed E-state index contributed by atoms with van der Waals surface area (Å²) < 4.78 is 5.17. The van der Waals surface area contributed by atoms with Crippen LogP contribution >= 0.6 is 0 Å². The maximum atomic E-state index is 12.3. The number of nitro groups is 1. The Kier molecular flexibility index (Phi) is 5.58. The molecule has 1 atom stereocenters. The molecule has 1 saturated carbocycles. The first-order valence-corrected chi connectivity index (χ1v) is 8.97. The largest absolute Gasteiger partial charge is 0.449 e. The summed E-state index contributed by atoms with van der Waals surface area (Å²) in [7, 11) is 0. The molecule has 1 aliphatic rings. The number of nitrogens with one attached hydrogen (secondary N) is 2. The van der Waals surface area contributed by atoms with Crippen molar-refractivity contribution < 1.29 is 19.2 Å². The van der Waals surface area contributed by atoms with E-state index >= 15 is 0 Å². The first-order valence-electron chi connectivity index (χ1n) is 8.97. The van der Waals surface area contributed by atoms with Gasteiger partial charge in [-0.05, 0) is 56.5 Å². The number of aryl methyl sites for hydroxylation is 1. The molecule has 146 valence electrons. The average molecular weight is 383 g/mol. The number of benzene rings is 2. The number of amides is 1. The van der Waals surface area contributed by atoms with Crippen molar-refractivity contribution in [2.45, 2.75) is 38.8 Å². The van der Waals surface area contributed by atoms with E-state index in [1.54, 1.807) is 18.2 Å². The molecule has 1 fully saturated rings. The van der Waals surface area contributed by atoms with Crippen molar-refractivity contribution in [1.82, 2.24) is 0 Å². The smallest absolute Gasteiger partial charge is 0.339 e. The maximum absolute atomic E-state index is 12.3. The normalized spacial score (nSPS) is 14.1. The van der Waals surface area contributed by atoms with Gasteiger partial charge in [0.15, 0.2) is 6.10 Å². The first kappa shape index (κ1) is 19.3. The molecule has 0 heterocycles. The Hall–Kier alpha value is -3.42. The van der Waals surface area contributed by atoms with Gasteiger partial charge in [0.1, 0.15) is 5.69 Å². The van der Waals surface area contributed by atoms with Gasteiger partial charge in [0.25, 0.3) is 11.6 Å². The van der Waals surface area contributed by atoms with E-state index in [9.17, 15) is 19.7 Å². The van der Waals surface area contributed by atoms with Gasteiger partial charge in [-0.25, -0.2) is 4.79 Å². The van der Waals surface area contributed by atoms with Gasteiger partial charge in [0, 0.05) is 17.8 Å². The lowest BCUT2D eigenvalue weighted by Crippen LogP contribution is -2.30. The molecule has 1 amide bonds. The van der Waals surface area contributed by atoms with E-state index in [1.807, 2.05) is 13.0 Å². The van der Waals surface area contributed by atoms with Crippen LogP contribution in [0.5, 0.6) is 0 Å². The first-order chi connectivity index (χ1) is 13.3. The molecular formula is C20H21N3O5. The minimum Gasteiger partial charge on any atom is -0.449 e. The van der Waals surface area contributed by atoms with Crippen LogP contribution in [0, 0.1) is 17.0 Å². The summed E-state index contributed by atoms with van der Waals surface area (Å²) in [5.41, 5.74) is 1.77. The monoisotopic (exact) mass is 383 g/mol. The van der Waals surface area contributed by atoms with Crippen molar-refractivity contribution >= 4 is 28.9 Å². The van der Waals surface area contributed by atoms with Gasteiger partial charge in [0.05, 0.1) is 10.5 Å². The van der Waals surface area contributed by atoms with Crippen LogP contribution in [0.4, 0.5) is 17.1 Å². The zero-order valence-electron chi connectivity index (χ0n) is 15.6. The third kappa shape index (κ3) is 4.85. The minimum absolute atomic E-state index is 0.0169. The van der Waals surface area contributed by atoms with Crippen molar-refractivity contribution in [3.63, 3.8) is 0 Å². The number of esters is 1. The van der Waals surface area contributed by atoms with Crippen LogP contribution in [0.3, 0.4) is 0 Å². The molecule has 0 saturated heterocycles. The van der Waals surface area contributed by atoms with E-state index in [2.05, 4.69) is 10.6 Å². The van der Waals surface area contributed by atoms with Gasteiger partial charge in [-0.1, -0.05) is 12.1 Å². The van der Waals surface area contributed by atoms with E-state index < -0.39 is 22.9 Å². The van der Waals surface area contributed by atoms with Crippen molar-refractivity contribution in [1.29, 1.82) is 0 Å². The third-order valence-electron chi connectivity index (χ3n) is 4.31. The van der Waals surface area contributed by atoms with Crippen LogP contribution < -0.4 is 10.6 Å². The number of ether oxygens (including phenoxy) is 1. The molecule has 2 aromatic carbocycles. The molecule has 0 unspecified atom stereocenters. The van der Waals surface area contributed by atoms with Gasteiger partial charge in [0.2, 0.25) is 0 Å². The molecule has 1 aliphatic carbocycles. The molecule has 0 aliphatic heterocycles. The predicted octanol–water partition coefficient (Wildman–Crippen LogP) is 3.66. The second-order valence-electron chi connectivity index (χ2n) is 6.81. The van der Waals surface area contributed by atoms with Crippen LogP contribution in [0.15, 0.2) is 42.5 Å². The van der Waals surface area contributed by atoms with Gasteiger partial charge in [-0.15, -0.1) is 0 Å². The summed E-state index contributed by atoms with van der Waals surface area (Å²) in [6.45, 7) is 3.34. The highest BCUT2D eigenvalue weighted by Crippen LogP contribution is 2.31. The van der Waals surface area contributed by atoms with Crippen molar-refractivity contribution in [2.24, 2.45) is 0 Å². The van der Waals surface area contributed by atoms with Crippen LogP contribution in [0.1, 0.15) is 35.7 Å². The number of rotatable bonds is 7. The lowest BCUT2D eigenvalue weighted by atomic mass is 10.1. The van der Waals surface area contributed by atoms with Crippen LogP contribution in [0.25, 0.3) is 0 Å². The van der Waals surface area contributed by atoms with E-state index in [0.717, 1.165) is 24.5 Å². The Morgan fingerprint density at radius 3 is 2.61 bits per heavy atom. The van der Waals surface area contributed by atoms with E-state index in [-0.39, 0.29) is 17.3 Å². The molecule has 8 nitrogen and oxygen atoms in total. The van der Waals surface area contributed by atoms with Gasteiger partial charge < -0.3 is 15.4 Å². The fourth-order valence-electron chi connectivity index (χ4n) is 2.63. The summed E-state index contributed by atoms with van der Waals surface area (Å²) >= 11 is 0. The second-order valence-corrected chi connectivity index (χ2v) is 6.81. The Morgan fingerprint density at radius 1 is 1.21 bits per heavy atom. The minimum atomic E-state index is -1.06. The summed E-state index contributed by atoms with van der Waals surface area (Å²) in [5.74, 6) is -1.28. The number of carbonyl (C=O) groups excluding carboxylic acids is 2. The second kappa shape index (κ2) is 8.08. The topological polar surface area (TPSA) is 111 Å². The maximum Gasteiger partial charge on any atom is 0.339 e. The molecule has 3 rings (SSSR count). The van der Waals surface area contributed by atoms with E-state index in [4.69, 9.17) is 4.74 Å². The lowest BCUT2D eigenvalue weighted by Gasteiger charge is -2.14. The van der Waals surface area contributed by atoms with Crippen molar-refractivity contribution in [2.75, 3.05) is 10.6 Å².